The summed E-state index contributed by atoms with van der Waals surface area (Å²) in [5, 5.41) is 14.1. The Morgan fingerprint density at radius 3 is 2.86 bits per heavy atom. The summed E-state index contributed by atoms with van der Waals surface area (Å²) < 4.78 is 7.86. The van der Waals surface area contributed by atoms with Crippen LogP contribution in [0.15, 0.2) is 12.3 Å². The van der Waals surface area contributed by atoms with Crippen LogP contribution in [0.4, 0.5) is 0 Å². The summed E-state index contributed by atoms with van der Waals surface area (Å²) in [6.45, 7) is 4.71. The van der Waals surface area contributed by atoms with E-state index in [1.54, 1.807) is 0 Å². The Morgan fingerprint density at radius 1 is 1.29 bits per heavy atom. The Morgan fingerprint density at radius 2 is 2.10 bits per heavy atom. The van der Waals surface area contributed by atoms with Crippen molar-refractivity contribution in [2.75, 3.05) is 19.7 Å². The zero-order chi connectivity index (χ0) is 14.7. The van der Waals surface area contributed by atoms with E-state index in [2.05, 4.69) is 28.8 Å². The number of ether oxygens (including phenoxy) is 1. The van der Waals surface area contributed by atoms with E-state index in [1.807, 2.05) is 0 Å². The van der Waals surface area contributed by atoms with Crippen molar-refractivity contribution in [2.45, 2.75) is 63.8 Å². The van der Waals surface area contributed by atoms with Crippen LogP contribution in [-0.2, 0) is 11.3 Å². The molecule has 2 fully saturated rings. The Labute approximate surface area is 126 Å². The lowest BCUT2D eigenvalue weighted by Crippen LogP contribution is -2.47. The molecule has 0 bridgehead atoms. The summed E-state index contributed by atoms with van der Waals surface area (Å²) in [6.07, 6.45) is 8.82. The van der Waals surface area contributed by atoms with Crippen LogP contribution in [0.25, 0.3) is 0 Å². The van der Waals surface area contributed by atoms with E-state index in [-0.39, 0.29) is 18.8 Å². The molecule has 1 N–H and O–H groups in total. The van der Waals surface area contributed by atoms with Gasteiger partial charge in [-0.05, 0) is 25.8 Å². The summed E-state index contributed by atoms with van der Waals surface area (Å²) in [5.41, 5.74) is 1.13. The van der Waals surface area contributed by atoms with E-state index in [1.165, 1.54) is 32.1 Å². The highest BCUT2D eigenvalue weighted by Gasteiger charge is 2.25. The maximum absolute atomic E-state index is 9.30. The van der Waals surface area contributed by atoms with Gasteiger partial charge in [0, 0.05) is 25.8 Å². The Balaban J connectivity index is 1.58. The number of rotatable bonds is 4. The number of aliphatic hydroxyl groups excluding tert-OH is 1. The third-order valence-corrected chi connectivity index (χ3v) is 4.60. The lowest BCUT2D eigenvalue weighted by molar-refractivity contribution is -0.0975. The minimum absolute atomic E-state index is 0.0609. The predicted octanol–water partition coefficient (Wildman–Crippen LogP) is 1.97. The maximum Gasteiger partial charge on any atom is 0.0936 e. The van der Waals surface area contributed by atoms with Crippen LogP contribution < -0.4 is 0 Å². The van der Waals surface area contributed by atoms with E-state index >= 15 is 0 Å². The average molecular weight is 293 g/mol. The summed E-state index contributed by atoms with van der Waals surface area (Å²) in [6, 6.07) is 2.74. The van der Waals surface area contributed by atoms with Gasteiger partial charge >= 0.3 is 0 Å². The Bertz CT molecular complexity index is 442. The number of nitrogens with zero attached hydrogens (tertiary/aromatic N) is 3. The molecule has 0 radical (unpaired) electrons. The molecule has 1 saturated carbocycles. The van der Waals surface area contributed by atoms with Crippen molar-refractivity contribution in [2.24, 2.45) is 0 Å². The van der Waals surface area contributed by atoms with E-state index < -0.39 is 0 Å². The molecule has 1 aromatic rings. The predicted molar refractivity (Wildman–Crippen MR) is 81.0 cm³/mol. The maximum atomic E-state index is 9.30. The SMILES string of the molecule is CC1CN(Cc2ccn(C3CCCCC3)n2)CC(CO)O1. The molecule has 2 unspecified atom stereocenters. The fraction of sp³-hybridized carbons (Fsp3) is 0.812. The second-order valence-electron chi connectivity index (χ2n) is 6.52. The van der Waals surface area contributed by atoms with Crippen molar-refractivity contribution in [1.29, 1.82) is 0 Å². The lowest BCUT2D eigenvalue weighted by atomic mass is 9.96. The first-order valence-electron chi connectivity index (χ1n) is 8.27. The molecule has 21 heavy (non-hydrogen) atoms. The van der Waals surface area contributed by atoms with Crippen LogP contribution in [0.5, 0.6) is 0 Å². The van der Waals surface area contributed by atoms with Gasteiger partial charge < -0.3 is 9.84 Å². The fourth-order valence-corrected chi connectivity index (χ4v) is 3.61. The minimum Gasteiger partial charge on any atom is -0.394 e. The average Bonchev–Trinajstić information content (AvgIpc) is 2.96. The van der Waals surface area contributed by atoms with E-state index in [9.17, 15) is 5.11 Å². The van der Waals surface area contributed by atoms with Crippen molar-refractivity contribution in [3.05, 3.63) is 18.0 Å². The number of hydrogen-bond acceptors (Lipinski definition) is 4. The van der Waals surface area contributed by atoms with Crippen LogP contribution in [-0.4, -0.2) is 51.7 Å². The van der Waals surface area contributed by atoms with Gasteiger partial charge in [0.05, 0.1) is 30.6 Å². The Hall–Kier alpha value is -0.910. The monoisotopic (exact) mass is 293 g/mol. The van der Waals surface area contributed by atoms with Crippen molar-refractivity contribution >= 4 is 0 Å². The number of hydrogen-bond donors (Lipinski definition) is 1. The first-order valence-corrected chi connectivity index (χ1v) is 8.27. The molecule has 1 saturated heterocycles. The second-order valence-corrected chi connectivity index (χ2v) is 6.52. The molecule has 5 heteroatoms. The molecule has 0 amide bonds. The highest BCUT2D eigenvalue weighted by Crippen LogP contribution is 2.27. The number of aromatic nitrogens is 2. The summed E-state index contributed by atoms with van der Waals surface area (Å²) in [7, 11) is 0. The van der Waals surface area contributed by atoms with Gasteiger partial charge in [-0.2, -0.15) is 5.10 Å². The smallest absolute Gasteiger partial charge is 0.0936 e. The molecule has 2 heterocycles. The van der Waals surface area contributed by atoms with Crippen LogP contribution in [0.2, 0.25) is 0 Å². The van der Waals surface area contributed by atoms with Gasteiger partial charge in [-0.1, -0.05) is 19.3 Å². The van der Waals surface area contributed by atoms with Gasteiger partial charge in [-0.15, -0.1) is 0 Å². The molecular weight excluding hydrogens is 266 g/mol. The van der Waals surface area contributed by atoms with Crippen LogP contribution >= 0.6 is 0 Å². The summed E-state index contributed by atoms with van der Waals surface area (Å²) in [4.78, 5) is 2.34. The van der Waals surface area contributed by atoms with Crippen molar-refractivity contribution in [1.82, 2.24) is 14.7 Å². The first kappa shape index (κ1) is 15.0. The van der Waals surface area contributed by atoms with Gasteiger partial charge in [0.2, 0.25) is 0 Å². The van der Waals surface area contributed by atoms with Crippen molar-refractivity contribution in [3.8, 4) is 0 Å². The first-order chi connectivity index (χ1) is 10.2. The van der Waals surface area contributed by atoms with E-state index in [0.717, 1.165) is 25.3 Å². The van der Waals surface area contributed by atoms with E-state index in [0.29, 0.717) is 6.04 Å². The summed E-state index contributed by atoms with van der Waals surface area (Å²) in [5.74, 6) is 0. The molecule has 1 aliphatic heterocycles. The normalized spacial score (nSPS) is 28.9. The van der Waals surface area contributed by atoms with Crippen LogP contribution in [0, 0.1) is 0 Å². The van der Waals surface area contributed by atoms with E-state index in [4.69, 9.17) is 9.84 Å². The molecule has 0 aromatic carbocycles. The van der Waals surface area contributed by atoms with Gasteiger partial charge in [-0.25, -0.2) is 0 Å². The van der Waals surface area contributed by atoms with Gasteiger partial charge in [0.1, 0.15) is 0 Å². The molecule has 1 aromatic heterocycles. The van der Waals surface area contributed by atoms with Gasteiger partial charge in [0.25, 0.3) is 0 Å². The van der Waals surface area contributed by atoms with Crippen molar-refractivity contribution in [3.63, 3.8) is 0 Å². The van der Waals surface area contributed by atoms with Crippen LogP contribution in [0.3, 0.4) is 0 Å². The highest BCUT2D eigenvalue weighted by molar-refractivity contribution is 5.00. The Kier molecular flexibility index (Phi) is 4.93. The molecule has 2 atom stereocenters. The third-order valence-electron chi connectivity index (χ3n) is 4.60. The zero-order valence-corrected chi connectivity index (χ0v) is 12.9. The largest absolute Gasteiger partial charge is 0.394 e. The molecule has 0 spiro atoms. The molecule has 118 valence electrons. The summed E-state index contributed by atoms with van der Waals surface area (Å²) >= 11 is 0. The standard InChI is InChI=1S/C16H27N3O2/c1-13-9-18(11-16(12-20)21-13)10-14-7-8-19(17-14)15-5-3-2-4-6-15/h7-8,13,15-16,20H,2-6,9-12H2,1H3. The van der Waals surface area contributed by atoms with Crippen LogP contribution in [0.1, 0.15) is 50.8 Å². The quantitative estimate of drug-likeness (QED) is 0.922. The highest BCUT2D eigenvalue weighted by atomic mass is 16.5. The molecule has 2 aliphatic rings. The fourth-order valence-electron chi connectivity index (χ4n) is 3.61. The minimum atomic E-state index is -0.0609. The lowest BCUT2D eigenvalue weighted by Gasteiger charge is -2.35. The molecule has 1 aliphatic carbocycles. The number of morpholine rings is 1. The van der Waals surface area contributed by atoms with Crippen molar-refractivity contribution < 1.29 is 9.84 Å². The topological polar surface area (TPSA) is 50.5 Å². The zero-order valence-electron chi connectivity index (χ0n) is 12.9. The van der Waals surface area contributed by atoms with Gasteiger partial charge in [0.15, 0.2) is 0 Å². The third kappa shape index (κ3) is 3.84. The second kappa shape index (κ2) is 6.90. The van der Waals surface area contributed by atoms with Gasteiger partial charge in [-0.3, -0.25) is 9.58 Å². The molecule has 3 rings (SSSR count). The number of aliphatic hydroxyl groups is 1. The molecular formula is C16H27N3O2. The molecule has 5 nitrogen and oxygen atoms in total.